The lowest BCUT2D eigenvalue weighted by Crippen LogP contribution is -2.61. The maximum Gasteiger partial charge on any atom is 0.319 e. The lowest BCUT2D eigenvalue weighted by atomic mass is 9.78. The fourth-order valence-corrected chi connectivity index (χ4v) is 4.17. The van der Waals surface area contributed by atoms with Crippen molar-refractivity contribution in [3.8, 4) is 0 Å². The van der Waals surface area contributed by atoms with Gasteiger partial charge in [0.2, 0.25) is 0 Å². The second-order valence-corrected chi connectivity index (χ2v) is 7.80. The van der Waals surface area contributed by atoms with Gasteiger partial charge >= 0.3 is 6.55 Å². The van der Waals surface area contributed by atoms with Crippen LogP contribution in [-0.2, 0) is 12.1 Å². The number of hydrogen-bond donors (Lipinski definition) is 2. The number of hydrogen-bond acceptors (Lipinski definition) is 5. The van der Waals surface area contributed by atoms with E-state index in [0.717, 1.165) is 17.5 Å². The van der Waals surface area contributed by atoms with Gasteiger partial charge in [0.05, 0.1) is 17.3 Å². The van der Waals surface area contributed by atoms with Crippen LogP contribution in [-0.4, -0.2) is 44.8 Å². The van der Waals surface area contributed by atoms with E-state index >= 15 is 0 Å². The summed E-state index contributed by atoms with van der Waals surface area (Å²) in [6, 6.07) is 13.7. The van der Waals surface area contributed by atoms with Gasteiger partial charge in [0.1, 0.15) is 11.5 Å². The van der Waals surface area contributed by atoms with E-state index in [9.17, 15) is 18.7 Å². The molecule has 1 saturated heterocycles. The fourth-order valence-electron chi connectivity index (χ4n) is 4.17. The Morgan fingerprint density at radius 3 is 2.74 bits per heavy atom. The standard InChI is InChI=1S/C22H24F2N4O3/c1-15-12-17(26-31-15)13-27-11-9-22(19(29)14-27,16-6-3-2-4-7-16)25-20(30)18-8-5-10-28(18)21(23)24/h2-8,10,12,19,21,29H,9,11,13-14H2,1H3,(H,25,30)/t19-,22+/m1/s1. The van der Waals surface area contributed by atoms with Crippen molar-refractivity contribution < 1.29 is 23.2 Å². The lowest BCUT2D eigenvalue weighted by molar-refractivity contribution is -0.0191. The summed E-state index contributed by atoms with van der Waals surface area (Å²) in [5.74, 6) is 0.0502. The van der Waals surface area contributed by atoms with Crippen LogP contribution in [0.5, 0.6) is 0 Å². The Bertz CT molecular complexity index is 1040. The number of halogens is 2. The third kappa shape index (κ3) is 4.24. The molecule has 0 saturated carbocycles. The van der Waals surface area contributed by atoms with Crippen molar-refractivity contribution in [2.45, 2.75) is 38.1 Å². The first-order valence-corrected chi connectivity index (χ1v) is 10.0. The molecule has 0 aliphatic carbocycles. The van der Waals surface area contributed by atoms with Gasteiger partial charge in [0, 0.05) is 31.9 Å². The summed E-state index contributed by atoms with van der Waals surface area (Å²) in [7, 11) is 0. The number of aliphatic hydroxyl groups is 1. The number of aryl methyl sites for hydroxylation is 1. The summed E-state index contributed by atoms with van der Waals surface area (Å²) in [5, 5.41) is 18.1. The number of β-amino-alcohol motifs (C(OH)–C–C–N with tert-alkyl or cyclic N) is 1. The molecule has 2 aromatic heterocycles. The average Bonchev–Trinajstić information content (AvgIpc) is 3.40. The van der Waals surface area contributed by atoms with Crippen LogP contribution in [0.1, 0.15) is 40.5 Å². The molecule has 0 bridgehead atoms. The second-order valence-electron chi connectivity index (χ2n) is 7.80. The molecule has 9 heteroatoms. The molecule has 3 aromatic rings. The molecule has 3 heterocycles. The Kier molecular flexibility index (Phi) is 5.88. The number of nitrogens with zero attached hydrogens (tertiary/aromatic N) is 3. The topological polar surface area (TPSA) is 83.5 Å². The van der Waals surface area contributed by atoms with Crippen molar-refractivity contribution >= 4 is 5.91 Å². The van der Waals surface area contributed by atoms with Crippen LogP contribution in [0.2, 0.25) is 0 Å². The van der Waals surface area contributed by atoms with Gasteiger partial charge in [-0.05, 0) is 31.0 Å². The number of piperidine rings is 1. The number of aliphatic hydroxyl groups excluding tert-OH is 1. The Labute approximate surface area is 178 Å². The fraction of sp³-hybridized carbons (Fsp3) is 0.364. The molecule has 164 valence electrons. The maximum atomic E-state index is 13.3. The van der Waals surface area contributed by atoms with Gasteiger partial charge in [-0.15, -0.1) is 0 Å². The van der Waals surface area contributed by atoms with Gasteiger partial charge in [-0.3, -0.25) is 14.3 Å². The minimum absolute atomic E-state index is 0.155. The molecule has 7 nitrogen and oxygen atoms in total. The number of alkyl halides is 2. The van der Waals surface area contributed by atoms with Crippen LogP contribution < -0.4 is 5.32 Å². The smallest absolute Gasteiger partial charge is 0.319 e. The average molecular weight is 430 g/mol. The lowest BCUT2D eigenvalue weighted by Gasteiger charge is -2.46. The third-order valence-electron chi connectivity index (χ3n) is 5.73. The largest absolute Gasteiger partial charge is 0.389 e. The summed E-state index contributed by atoms with van der Waals surface area (Å²) >= 11 is 0. The predicted molar refractivity (Wildman–Crippen MR) is 108 cm³/mol. The molecule has 0 unspecified atom stereocenters. The van der Waals surface area contributed by atoms with Gasteiger partial charge in [0.25, 0.3) is 5.91 Å². The van der Waals surface area contributed by atoms with Crippen molar-refractivity contribution in [2.75, 3.05) is 13.1 Å². The first-order valence-electron chi connectivity index (χ1n) is 10.0. The molecule has 1 fully saturated rings. The second kappa shape index (κ2) is 8.60. The molecule has 0 radical (unpaired) electrons. The third-order valence-corrected chi connectivity index (χ3v) is 5.73. The van der Waals surface area contributed by atoms with Crippen molar-refractivity contribution in [1.82, 2.24) is 19.9 Å². The summed E-state index contributed by atoms with van der Waals surface area (Å²) in [5.41, 5.74) is 0.225. The van der Waals surface area contributed by atoms with E-state index in [1.807, 2.05) is 48.2 Å². The van der Waals surface area contributed by atoms with Gasteiger partial charge in [-0.2, -0.15) is 8.78 Å². The minimum Gasteiger partial charge on any atom is -0.389 e. The normalized spacial score (nSPS) is 22.0. The molecule has 0 spiro atoms. The van der Waals surface area contributed by atoms with Crippen LogP contribution in [0, 0.1) is 6.92 Å². The molecule has 4 rings (SSSR count). The Hall–Kier alpha value is -3.04. The van der Waals surface area contributed by atoms with E-state index in [1.54, 1.807) is 0 Å². The first kappa shape index (κ1) is 21.2. The van der Waals surface area contributed by atoms with E-state index in [4.69, 9.17) is 4.52 Å². The number of rotatable bonds is 6. The summed E-state index contributed by atoms with van der Waals surface area (Å²) in [6.07, 6.45) is 0.597. The minimum atomic E-state index is -2.83. The number of likely N-dealkylation sites (tertiary alicyclic amines) is 1. The summed E-state index contributed by atoms with van der Waals surface area (Å²) in [6.45, 7) is 0.320. The Morgan fingerprint density at radius 1 is 1.32 bits per heavy atom. The Morgan fingerprint density at radius 2 is 2.10 bits per heavy atom. The molecule has 2 atom stereocenters. The first-order chi connectivity index (χ1) is 14.9. The van der Waals surface area contributed by atoms with E-state index in [1.165, 1.54) is 12.1 Å². The van der Waals surface area contributed by atoms with Crippen molar-refractivity contribution in [3.05, 3.63) is 77.4 Å². The van der Waals surface area contributed by atoms with E-state index < -0.39 is 24.1 Å². The van der Waals surface area contributed by atoms with Gasteiger partial charge in [-0.1, -0.05) is 35.5 Å². The van der Waals surface area contributed by atoms with Gasteiger partial charge in [-0.25, -0.2) is 0 Å². The summed E-state index contributed by atoms with van der Waals surface area (Å²) < 4.78 is 32.3. The van der Waals surface area contributed by atoms with Crippen LogP contribution in [0.15, 0.2) is 59.3 Å². The highest BCUT2D eigenvalue weighted by atomic mass is 19.3. The monoisotopic (exact) mass is 430 g/mol. The number of carbonyl (C=O) groups is 1. The van der Waals surface area contributed by atoms with Crippen LogP contribution in [0.4, 0.5) is 8.78 Å². The molecule has 2 N–H and O–H groups in total. The number of amides is 1. The van der Waals surface area contributed by atoms with Crippen LogP contribution in [0.3, 0.4) is 0 Å². The zero-order chi connectivity index (χ0) is 22.0. The molecular weight excluding hydrogens is 406 g/mol. The zero-order valence-corrected chi connectivity index (χ0v) is 17.0. The molecule has 1 amide bonds. The van der Waals surface area contributed by atoms with Gasteiger partial charge < -0.3 is 14.9 Å². The highest BCUT2D eigenvalue weighted by molar-refractivity contribution is 5.93. The highest BCUT2D eigenvalue weighted by Gasteiger charge is 2.45. The highest BCUT2D eigenvalue weighted by Crippen LogP contribution is 2.34. The number of aromatic nitrogens is 2. The molecule has 31 heavy (non-hydrogen) atoms. The van der Waals surface area contributed by atoms with Crippen molar-refractivity contribution in [2.24, 2.45) is 0 Å². The number of nitrogens with one attached hydrogen (secondary N) is 1. The SMILES string of the molecule is Cc1cc(CN2CC[C@](NC(=O)c3cccn3C(F)F)(c3ccccc3)[C@H](O)C2)no1. The van der Waals surface area contributed by atoms with Crippen molar-refractivity contribution in [1.29, 1.82) is 0 Å². The zero-order valence-electron chi connectivity index (χ0n) is 17.0. The number of benzene rings is 1. The molecule has 1 aliphatic heterocycles. The van der Waals surface area contributed by atoms with Crippen molar-refractivity contribution in [3.63, 3.8) is 0 Å². The molecule has 1 aromatic carbocycles. The number of carbonyl (C=O) groups excluding carboxylic acids is 1. The molecule has 1 aliphatic rings. The van der Waals surface area contributed by atoms with Crippen LogP contribution in [0.25, 0.3) is 0 Å². The van der Waals surface area contributed by atoms with Crippen LogP contribution >= 0.6 is 0 Å². The molecular formula is C22H24F2N4O3. The maximum absolute atomic E-state index is 13.3. The van der Waals surface area contributed by atoms with E-state index in [2.05, 4.69) is 10.5 Å². The van der Waals surface area contributed by atoms with E-state index in [0.29, 0.717) is 29.8 Å². The Balaban J connectivity index is 1.59. The van der Waals surface area contributed by atoms with Gasteiger partial charge in [0.15, 0.2) is 0 Å². The summed E-state index contributed by atoms with van der Waals surface area (Å²) in [4.78, 5) is 15.0. The van der Waals surface area contributed by atoms with E-state index in [-0.39, 0.29) is 12.2 Å². The predicted octanol–water partition coefficient (Wildman–Crippen LogP) is 3.07. The quantitative estimate of drug-likeness (QED) is 0.628.